The van der Waals surface area contributed by atoms with Crippen LogP contribution in [0.25, 0.3) is 55.1 Å². The minimum atomic E-state index is -0.0909. The second-order valence-electron chi connectivity index (χ2n) is 16.7. The van der Waals surface area contributed by atoms with Crippen molar-refractivity contribution in [2.45, 2.75) is 52.5 Å². The van der Waals surface area contributed by atoms with E-state index in [9.17, 15) is 0 Å². The molecule has 0 saturated carbocycles. The first-order chi connectivity index (χ1) is 27.0. The normalized spacial score (nSPS) is 13.2. The van der Waals surface area contributed by atoms with Crippen molar-refractivity contribution in [1.29, 1.82) is 0 Å². The summed E-state index contributed by atoms with van der Waals surface area (Å²) in [6.07, 6.45) is 1.92. The van der Waals surface area contributed by atoms with Gasteiger partial charge in [-0.25, -0.2) is 4.98 Å². The first kappa shape index (κ1) is 36.8. The number of anilines is 3. The van der Waals surface area contributed by atoms with Crippen LogP contribution in [0.4, 0.5) is 17.1 Å². The minimum Gasteiger partial charge on any atom is -0.509 e. The Morgan fingerprint density at radius 2 is 1.26 bits per heavy atom. The van der Waals surface area contributed by atoms with Crippen LogP contribution in [0, 0.1) is 18.8 Å². The Labute approximate surface area is 348 Å². The van der Waals surface area contributed by atoms with E-state index in [1.807, 2.05) is 24.4 Å². The van der Waals surface area contributed by atoms with Crippen LogP contribution < -0.4 is 14.5 Å². The number of rotatable bonds is 5. The molecule has 1 aliphatic heterocycles. The van der Waals surface area contributed by atoms with Crippen LogP contribution in [0.2, 0.25) is 0 Å². The summed E-state index contributed by atoms with van der Waals surface area (Å²) in [5.74, 6) is 2.06. The fourth-order valence-electron chi connectivity index (χ4n) is 8.13. The maximum Gasteiger partial charge on any atom is 0.135 e. The molecule has 1 aliphatic rings. The zero-order valence-corrected chi connectivity index (χ0v) is 35.1. The summed E-state index contributed by atoms with van der Waals surface area (Å²) in [5.41, 5.74) is 9.66. The van der Waals surface area contributed by atoms with Crippen molar-refractivity contribution in [2.24, 2.45) is 0 Å². The number of para-hydroxylation sites is 4. The standard InChI is InChI=1S/C50H42N5O.Pt/c1-49(2,3)33-25-26-51-48(27-33)55-45-29-37(56-36-18-14-17-35(28-36)52-32-53(50(4,5)6)44-22-13-12-21-43(44)52)23-24-39(45)41-30-46-40(31-47(41)55)38-19-10-11-20-42(38)54(46)34-15-8-7-9-16-34;/h7-27,30-32H,1-6H3;/q-3;. The van der Waals surface area contributed by atoms with Crippen LogP contribution >= 0.6 is 0 Å². The van der Waals surface area contributed by atoms with Gasteiger partial charge < -0.3 is 23.7 Å². The molecule has 9 aromatic rings. The zero-order chi connectivity index (χ0) is 38.3. The van der Waals surface area contributed by atoms with Crippen molar-refractivity contribution in [3.63, 3.8) is 0 Å². The van der Waals surface area contributed by atoms with Crippen molar-refractivity contribution in [3.8, 4) is 23.0 Å². The van der Waals surface area contributed by atoms with Crippen molar-refractivity contribution in [2.75, 3.05) is 9.80 Å². The van der Waals surface area contributed by atoms with E-state index < -0.39 is 0 Å². The van der Waals surface area contributed by atoms with E-state index in [0.717, 1.165) is 55.9 Å². The molecule has 0 amide bonds. The molecule has 286 valence electrons. The van der Waals surface area contributed by atoms with Crippen molar-refractivity contribution in [1.82, 2.24) is 14.1 Å². The van der Waals surface area contributed by atoms with Gasteiger partial charge in [-0.3, -0.25) is 0 Å². The number of fused-ring (bicyclic) bond motifs is 7. The number of hydrogen-bond donors (Lipinski definition) is 0. The molecule has 0 atom stereocenters. The number of aromatic nitrogens is 3. The van der Waals surface area contributed by atoms with E-state index in [1.165, 1.54) is 21.9 Å². The molecule has 0 bridgehead atoms. The molecule has 4 heterocycles. The Balaban J connectivity index is 0.00000422. The van der Waals surface area contributed by atoms with Crippen LogP contribution in [-0.2, 0) is 26.5 Å². The van der Waals surface area contributed by atoms with Gasteiger partial charge >= 0.3 is 0 Å². The van der Waals surface area contributed by atoms with E-state index >= 15 is 0 Å². The molecule has 7 heteroatoms. The third-order valence-corrected chi connectivity index (χ3v) is 10.9. The first-order valence-corrected chi connectivity index (χ1v) is 19.2. The number of hydrogen-bond acceptors (Lipinski definition) is 4. The van der Waals surface area contributed by atoms with Gasteiger partial charge in [-0.1, -0.05) is 74.8 Å². The largest absolute Gasteiger partial charge is 0.509 e. The Bertz CT molecular complexity index is 2970. The average molecular weight is 924 g/mol. The Morgan fingerprint density at radius 3 is 2.04 bits per heavy atom. The van der Waals surface area contributed by atoms with Gasteiger partial charge in [0.05, 0.1) is 11.0 Å². The molecule has 57 heavy (non-hydrogen) atoms. The topological polar surface area (TPSA) is 38.5 Å². The number of benzene rings is 6. The van der Waals surface area contributed by atoms with E-state index in [2.05, 4.69) is 195 Å². The van der Waals surface area contributed by atoms with Crippen LogP contribution in [-0.4, -0.2) is 19.7 Å². The maximum atomic E-state index is 6.63. The van der Waals surface area contributed by atoms with Gasteiger partial charge in [-0.2, -0.15) is 18.8 Å². The van der Waals surface area contributed by atoms with Crippen LogP contribution in [0.15, 0.2) is 140 Å². The second-order valence-corrected chi connectivity index (χ2v) is 16.7. The number of ether oxygens (including phenoxy) is 1. The van der Waals surface area contributed by atoms with Gasteiger partial charge in [0, 0.05) is 77.7 Å². The van der Waals surface area contributed by atoms with Gasteiger partial charge in [0.1, 0.15) is 5.82 Å². The van der Waals surface area contributed by atoms with E-state index in [1.54, 1.807) is 0 Å². The van der Waals surface area contributed by atoms with E-state index in [-0.39, 0.29) is 32.0 Å². The average Bonchev–Trinajstić information content (AvgIpc) is 3.85. The Morgan fingerprint density at radius 1 is 0.579 bits per heavy atom. The SMILES string of the molecule is CC(C)(C)c1ccnc(-n2c3[c-]c(Oc4[c-]c(N5[CH-]N(C(C)(C)C)c6ccccc65)ccc4)ccc3c3cc4c(cc32)c2ccccc2n4-c2ccccc2)c1.[Pt]. The molecule has 0 N–H and O–H groups in total. The molecule has 6 aromatic carbocycles. The Kier molecular flexibility index (Phi) is 8.82. The van der Waals surface area contributed by atoms with Crippen LogP contribution in [0.5, 0.6) is 11.5 Å². The quantitative estimate of drug-likeness (QED) is 0.161. The van der Waals surface area contributed by atoms with Gasteiger partial charge in [0.25, 0.3) is 0 Å². The summed E-state index contributed by atoms with van der Waals surface area (Å²) in [4.78, 5) is 9.47. The molecule has 0 saturated heterocycles. The predicted octanol–water partition coefficient (Wildman–Crippen LogP) is 12.8. The summed E-state index contributed by atoms with van der Waals surface area (Å²) in [6.45, 7) is 15.5. The Hall–Kier alpha value is -5.84. The van der Waals surface area contributed by atoms with Crippen LogP contribution in [0.1, 0.15) is 47.1 Å². The van der Waals surface area contributed by atoms with Crippen molar-refractivity contribution >= 4 is 60.7 Å². The zero-order valence-electron chi connectivity index (χ0n) is 32.8. The fraction of sp³-hybridized carbons (Fsp3) is 0.160. The van der Waals surface area contributed by atoms with Crippen molar-refractivity contribution < 1.29 is 25.8 Å². The number of nitrogens with zero attached hydrogens (tertiary/aromatic N) is 5. The molecular weight excluding hydrogens is 882 g/mol. The van der Waals surface area contributed by atoms with Gasteiger partial charge in [0.2, 0.25) is 0 Å². The molecule has 3 aromatic heterocycles. The molecule has 0 fully saturated rings. The van der Waals surface area contributed by atoms with Gasteiger partial charge in [0.15, 0.2) is 0 Å². The smallest absolute Gasteiger partial charge is 0.135 e. The summed E-state index contributed by atoms with van der Waals surface area (Å²) in [5, 5.41) is 4.58. The number of pyridine rings is 1. The summed E-state index contributed by atoms with van der Waals surface area (Å²) in [7, 11) is 0. The maximum absolute atomic E-state index is 6.63. The van der Waals surface area contributed by atoms with E-state index in [0.29, 0.717) is 11.5 Å². The summed E-state index contributed by atoms with van der Waals surface area (Å²) < 4.78 is 11.2. The third kappa shape index (κ3) is 6.18. The van der Waals surface area contributed by atoms with Gasteiger partial charge in [-0.15, -0.1) is 41.4 Å². The molecule has 0 radical (unpaired) electrons. The third-order valence-electron chi connectivity index (χ3n) is 10.9. The second kappa shape index (κ2) is 13.7. The minimum absolute atomic E-state index is 0. The van der Waals surface area contributed by atoms with Gasteiger partial charge in [-0.05, 0) is 91.7 Å². The molecular formula is C50H42N5OPt-3. The molecule has 6 nitrogen and oxygen atoms in total. The molecule has 0 aliphatic carbocycles. The summed E-state index contributed by atoms with van der Waals surface area (Å²) in [6, 6.07) is 54.2. The monoisotopic (exact) mass is 923 g/mol. The molecule has 0 spiro atoms. The van der Waals surface area contributed by atoms with E-state index in [4.69, 9.17) is 9.72 Å². The predicted molar refractivity (Wildman–Crippen MR) is 231 cm³/mol. The van der Waals surface area contributed by atoms with Crippen molar-refractivity contribution in [3.05, 3.63) is 164 Å². The summed E-state index contributed by atoms with van der Waals surface area (Å²) >= 11 is 0. The fourth-order valence-corrected chi connectivity index (χ4v) is 8.13. The molecule has 0 unspecified atom stereocenters. The molecule has 10 rings (SSSR count). The van der Waals surface area contributed by atoms with Crippen LogP contribution in [0.3, 0.4) is 0 Å². The first-order valence-electron chi connectivity index (χ1n) is 19.2.